The highest BCUT2D eigenvalue weighted by molar-refractivity contribution is 5.76. The third kappa shape index (κ3) is 4.14. The van der Waals surface area contributed by atoms with E-state index < -0.39 is 0 Å². The van der Waals surface area contributed by atoms with E-state index in [4.69, 9.17) is 0 Å². The summed E-state index contributed by atoms with van der Waals surface area (Å²) in [6.07, 6.45) is 9.02. The first-order valence-electron chi connectivity index (χ1n) is 7.37. The van der Waals surface area contributed by atoms with Crippen LogP contribution < -0.4 is 5.32 Å². The molecule has 0 bridgehead atoms. The predicted molar refractivity (Wildman–Crippen MR) is 78.3 cm³/mol. The van der Waals surface area contributed by atoms with Crippen LogP contribution in [0.15, 0.2) is 25.0 Å². The lowest BCUT2D eigenvalue weighted by molar-refractivity contribution is -0.122. The summed E-state index contributed by atoms with van der Waals surface area (Å²) >= 11 is 0. The first-order chi connectivity index (χ1) is 10.2. The van der Waals surface area contributed by atoms with E-state index in [-0.39, 0.29) is 11.9 Å². The van der Waals surface area contributed by atoms with Gasteiger partial charge >= 0.3 is 0 Å². The number of imidazole rings is 1. The standard InChI is InChI=1S/C14H22N6O/c1-3-12(14-16-10-17-20(14)4-2)18-13(21)6-5-8-19-9-7-15-11-19/h7,9-12H,3-6,8H2,1-2H3,(H,18,21)/t12-/m0/s1. The second-order valence-corrected chi connectivity index (χ2v) is 4.87. The minimum Gasteiger partial charge on any atom is -0.346 e. The van der Waals surface area contributed by atoms with Crippen molar-refractivity contribution in [2.24, 2.45) is 0 Å². The molecule has 7 heteroatoms. The van der Waals surface area contributed by atoms with Crippen LogP contribution in [0.25, 0.3) is 0 Å². The first kappa shape index (κ1) is 15.2. The summed E-state index contributed by atoms with van der Waals surface area (Å²) in [7, 11) is 0. The lowest BCUT2D eigenvalue weighted by atomic mass is 10.2. The number of amides is 1. The van der Waals surface area contributed by atoms with Gasteiger partial charge in [-0.1, -0.05) is 6.92 Å². The molecule has 2 heterocycles. The van der Waals surface area contributed by atoms with Gasteiger partial charge in [-0.15, -0.1) is 0 Å². The van der Waals surface area contributed by atoms with E-state index in [1.807, 2.05) is 29.3 Å². The molecule has 0 aromatic carbocycles. The fraction of sp³-hybridized carbons (Fsp3) is 0.571. The van der Waals surface area contributed by atoms with Gasteiger partial charge in [-0.3, -0.25) is 4.79 Å². The number of rotatable bonds is 8. The maximum atomic E-state index is 12.0. The van der Waals surface area contributed by atoms with Crippen LogP contribution in [0.2, 0.25) is 0 Å². The van der Waals surface area contributed by atoms with E-state index in [1.165, 1.54) is 6.33 Å². The molecule has 0 fully saturated rings. The van der Waals surface area contributed by atoms with Crippen LogP contribution in [0.3, 0.4) is 0 Å². The van der Waals surface area contributed by atoms with Crippen LogP contribution in [0.4, 0.5) is 0 Å². The first-order valence-corrected chi connectivity index (χ1v) is 7.37. The Hall–Kier alpha value is -2.18. The van der Waals surface area contributed by atoms with E-state index in [1.54, 1.807) is 12.5 Å². The Balaban J connectivity index is 1.82. The molecule has 7 nitrogen and oxygen atoms in total. The van der Waals surface area contributed by atoms with Crippen LogP contribution in [0.1, 0.15) is 45.0 Å². The summed E-state index contributed by atoms with van der Waals surface area (Å²) in [6, 6.07) is -0.0757. The molecule has 2 rings (SSSR count). The van der Waals surface area contributed by atoms with Gasteiger partial charge in [0.1, 0.15) is 12.2 Å². The van der Waals surface area contributed by atoms with E-state index in [9.17, 15) is 4.79 Å². The van der Waals surface area contributed by atoms with Crippen molar-refractivity contribution in [3.63, 3.8) is 0 Å². The topological polar surface area (TPSA) is 77.6 Å². The van der Waals surface area contributed by atoms with E-state index in [0.717, 1.165) is 31.8 Å². The summed E-state index contributed by atoms with van der Waals surface area (Å²) in [5.41, 5.74) is 0. The Labute approximate surface area is 124 Å². The number of hydrogen-bond acceptors (Lipinski definition) is 4. The predicted octanol–water partition coefficient (Wildman–Crippen LogP) is 1.54. The summed E-state index contributed by atoms with van der Waals surface area (Å²) < 4.78 is 3.79. The number of carbonyl (C=O) groups excluding carboxylic acids is 1. The third-order valence-electron chi connectivity index (χ3n) is 3.38. The van der Waals surface area contributed by atoms with Gasteiger partial charge in [0.25, 0.3) is 0 Å². The van der Waals surface area contributed by atoms with Crippen molar-refractivity contribution >= 4 is 5.91 Å². The van der Waals surface area contributed by atoms with Crippen LogP contribution in [-0.4, -0.2) is 30.2 Å². The van der Waals surface area contributed by atoms with Crippen molar-refractivity contribution in [2.75, 3.05) is 0 Å². The van der Waals surface area contributed by atoms with Gasteiger partial charge < -0.3 is 9.88 Å². The highest BCUT2D eigenvalue weighted by atomic mass is 16.1. The number of aromatic nitrogens is 5. The van der Waals surface area contributed by atoms with Crippen LogP contribution in [0, 0.1) is 0 Å². The minimum atomic E-state index is -0.0757. The Bertz CT molecular complexity index is 548. The maximum absolute atomic E-state index is 12.0. The Morgan fingerprint density at radius 2 is 2.29 bits per heavy atom. The summed E-state index contributed by atoms with van der Waals surface area (Å²) in [6.45, 7) is 5.60. The number of nitrogens with one attached hydrogen (secondary N) is 1. The average molecular weight is 290 g/mol. The normalized spacial score (nSPS) is 12.3. The van der Waals surface area contributed by atoms with Crippen molar-refractivity contribution in [3.05, 3.63) is 30.9 Å². The van der Waals surface area contributed by atoms with Crippen LogP contribution in [0.5, 0.6) is 0 Å². The summed E-state index contributed by atoms with van der Waals surface area (Å²) in [4.78, 5) is 20.3. The molecule has 2 aromatic rings. The van der Waals surface area contributed by atoms with Gasteiger partial charge in [-0.25, -0.2) is 14.6 Å². The SMILES string of the molecule is CC[C@H](NC(=O)CCCn1ccnc1)c1ncnn1CC. The van der Waals surface area contributed by atoms with Gasteiger partial charge in [-0.2, -0.15) is 5.10 Å². The van der Waals surface area contributed by atoms with E-state index in [0.29, 0.717) is 6.42 Å². The Morgan fingerprint density at radius 1 is 1.43 bits per heavy atom. The number of nitrogens with zero attached hydrogens (tertiary/aromatic N) is 5. The molecule has 2 aromatic heterocycles. The molecule has 0 saturated heterocycles. The fourth-order valence-corrected chi connectivity index (χ4v) is 2.24. The zero-order chi connectivity index (χ0) is 15.1. The van der Waals surface area contributed by atoms with Crippen molar-refractivity contribution in [3.8, 4) is 0 Å². The molecule has 0 aliphatic carbocycles. The van der Waals surface area contributed by atoms with Crippen LogP contribution in [-0.2, 0) is 17.9 Å². The van der Waals surface area contributed by atoms with Gasteiger partial charge in [0, 0.05) is 31.9 Å². The molecular weight excluding hydrogens is 268 g/mol. The molecule has 0 spiro atoms. The number of carbonyl (C=O) groups is 1. The van der Waals surface area contributed by atoms with Gasteiger partial charge in [-0.05, 0) is 19.8 Å². The molecule has 1 N–H and O–H groups in total. The minimum absolute atomic E-state index is 0.0487. The van der Waals surface area contributed by atoms with E-state index >= 15 is 0 Å². The molecule has 0 unspecified atom stereocenters. The summed E-state index contributed by atoms with van der Waals surface area (Å²) in [5.74, 6) is 0.871. The van der Waals surface area contributed by atoms with Crippen molar-refractivity contribution in [1.82, 2.24) is 29.6 Å². The van der Waals surface area contributed by atoms with Gasteiger partial charge in [0.2, 0.25) is 5.91 Å². The average Bonchev–Trinajstić information content (AvgIpc) is 3.15. The van der Waals surface area contributed by atoms with E-state index in [2.05, 4.69) is 20.4 Å². The molecule has 1 atom stereocenters. The molecule has 1 amide bonds. The van der Waals surface area contributed by atoms with Crippen LogP contribution >= 0.6 is 0 Å². The zero-order valence-corrected chi connectivity index (χ0v) is 12.6. The molecule has 0 radical (unpaired) electrons. The van der Waals surface area contributed by atoms with Gasteiger partial charge in [0.15, 0.2) is 0 Å². The number of aryl methyl sites for hydroxylation is 2. The number of hydrogen-bond donors (Lipinski definition) is 1. The zero-order valence-electron chi connectivity index (χ0n) is 12.6. The molecule has 0 aliphatic heterocycles. The second-order valence-electron chi connectivity index (χ2n) is 4.87. The highest BCUT2D eigenvalue weighted by Crippen LogP contribution is 2.13. The largest absolute Gasteiger partial charge is 0.346 e. The lowest BCUT2D eigenvalue weighted by Gasteiger charge is -2.16. The summed E-state index contributed by atoms with van der Waals surface area (Å²) in [5, 5.41) is 7.19. The molecular formula is C14H22N6O. The molecule has 114 valence electrons. The monoisotopic (exact) mass is 290 g/mol. The second kappa shape index (κ2) is 7.56. The smallest absolute Gasteiger partial charge is 0.220 e. The quantitative estimate of drug-likeness (QED) is 0.800. The molecule has 0 saturated carbocycles. The Kier molecular flexibility index (Phi) is 5.48. The highest BCUT2D eigenvalue weighted by Gasteiger charge is 2.17. The fourth-order valence-electron chi connectivity index (χ4n) is 2.24. The van der Waals surface area contributed by atoms with Crippen molar-refractivity contribution in [2.45, 2.75) is 52.2 Å². The third-order valence-corrected chi connectivity index (χ3v) is 3.38. The molecule has 21 heavy (non-hydrogen) atoms. The van der Waals surface area contributed by atoms with Crippen molar-refractivity contribution in [1.29, 1.82) is 0 Å². The van der Waals surface area contributed by atoms with Crippen molar-refractivity contribution < 1.29 is 4.79 Å². The Morgan fingerprint density at radius 3 is 2.95 bits per heavy atom. The molecule has 0 aliphatic rings. The lowest BCUT2D eigenvalue weighted by Crippen LogP contribution is -2.30. The maximum Gasteiger partial charge on any atom is 0.220 e. The van der Waals surface area contributed by atoms with Gasteiger partial charge in [0.05, 0.1) is 12.4 Å².